The molecule has 1 rings (SSSR count). The van der Waals surface area contributed by atoms with Crippen molar-refractivity contribution >= 4 is 11.9 Å². The molecule has 0 radical (unpaired) electrons. The summed E-state index contributed by atoms with van der Waals surface area (Å²) < 4.78 is 0.651. The van der Waals surface area contributed by atoms with Crippen LogP contribution in [0.3, 0.4) is 0 Å². The highest BCUT2D eigenvalue weighted by Crippen LogP contribution is 2.47. The van der Waals surface area contributed by atoms with Gasteiger partial charge >= 0.3 is 5.97 Å². The van der Waals surface area contributed by atoms with Crippen LogP contribution >= 0.6 is 0 Å². The van der Waals surface area contributed by atoms with E-state index < -0.39 is 23.7 Å². The summed E-state index contributed by atoms with van der Waals surface area (Å²) in [4.78, 5) is 21.7. The number of aliphatic carboxylic acids is 1. The summed E-state index contributed by atoms with van der Waals surface area (Å²) in [6.45, 7) is 0.671. The van der Waals surface area contributed by atoms with Gasteiger partial charge in [-0.25, -0.2) is 0 Å². The number of nitrogens with two attached hydrogens (primary N) is 1. The molecule has 0 unspecified atom stereocenters. The van der Waals surface area contributed by atoms with E-state index in [4.69, 9.17) is 10.8 Å². The van der Waals surface area contributed by atoms with Crippen LogP contribution in [0, 0.1) is 17.8 Å². The molecule has 1 aliphatic rings. The summed E-state index contributed by atoms with van der Waals surface area (Å²) in [5.41, 5.74) is 5.13. The van der Waals surface area contributed by atoms with Gasteiger partial charge in [-0.2, -0.15) is 0 Å². The van der Waals surface area contributed by atoms with E-state index in [1.807, 2.05) is 21.1 Å². The molecule has 0 aromatic rings. The lowest BCUT2D eigenvalue weighted by Crippen LogP contribution is -2.37. The lowest BCUT2D eigenvalue weighted by molar-refractivity contribution is -0.872. The Morgan fingerprint density at radius 2 is 1.79 bits per heavy atom. The van der Waals surface area contributed by atoms with E-state index in [0.717, 1.165) is 0 Å². The summed E-state index contributed by atoms with van der Waals surface area (Å²) >= 11 is 0. The molecule has 0 aromatic heterocycles. The number of primary amides is 1. The minimum absolute atomic E-state index is 0.0926. The van der Waals surface area contributed by atoms with Crippen LogP contribution in [0.15, 0.2) is 0 Å². The van der Waals surface area contributed by atoms with E-state index in [1.165, 1.54) is 0 Å². The average molecular weight is 201 g/mol. The van der Waals surface area contributed by atoms with Gasteiger partial charge in [0.15, 0.2) is 0 Å². The van der Waals surface area contributed by atoms with Crippen LogP contribution < -0.4 is 5.73 Å². The van der Waals surface area contributed by atoms with Crippen molar-refractivity contribution in [1.29, 1.82) is 0 Å². The second-order valence-electron chi connectivity index (χ2n) is 4.93. The lowest BCUT2D eigenvalue weighted by Gasteiger charge is -2.23. The Labute approximate surface area is 83.1 Å². The Balaban J connectivity index is 2.64. The number of carboxylic acid groups (broad SMARTS) is 1. The van der Waals surface area contributed by atoms with E-state index in [2.05, 4.69) is 0 Å². The zero-order chi connectivity index (χ0) is 11.1. The van der Waals surface area contributed by atoms with Crippen LogP contribution in [0.4, 0.5) is 0 Å². The fourth-order valence-corrected chi connectivity index (χ4v) is 1.96. The van der Waals surface area contributed by atoms with Crippen molar-refractivity contribution in [2.45, 2.75) is 0 Å². The Kier molecular flexibility index (Phi) is 2.54. The number of carbonyl (C=O) groups excluding carboxylic acids is 1. The molecule has 1 amide bonds. The Bertz CT molecular complexity index is 250. The molecular formula is C9H17N2O3+. The van der Waals surface area contributed by atoms with Crippen molar-refractivity contribution in [3.8, 4) is 0 Å². The van der Waals surface area contributed by atoms with Crippen molar-refractivity contribution in [3.05, 3.63) is 0 Å². The fraction of sp³-hybridized carbons (Fsp3) is 0.778. The van der Waals surface area contributed by atoms with E-state index in [9.17, 15) is 9.59 Å². The van der Waals surface area contributed by atoms with Crippen molar-refractivity contribution < 1.29 is 19.2 Å². The van der Waals surface area contributed by atoms with Gasteiger partial charge in [-0.3, -0.25) is 9.59 Å². The fourth-order valence-electron chi connectivity index (χ4n) is 1.96. The first-order chi connectivity index (χ1) is 6.24. The van der Waals surface area contributed by atoms with Crippen molar-refractivity contribution in [2.75, 3.05) is 27.7 Å². The van der Waals surface area contributed by atoms with Crippen molar-refractivity contribution in [3.63, 3.8) is 0 Å². The van der Waals surface area contributed by atoms with E-state index in [-0.39, 0.29) is 5.92 Å². The summed E-state index contributed by atoms with van der Waals surface area (Å²) in [6, 6.07) is 0. The Morgan fingerprint density at radius 1 is 1.29 bits per heavy atom. The van der Waals surface area contributed by atoms with Crippen LogP contribution in [0.1, 0.15) is 0 Å². The number of amides is 1. The first-order valence-electron chi connectivity index (χ1n) is 4.56. The van der Waals surface area contributed by atoms with Gasteiger partial charge in [0.25, 0.3) is 0 Å². The number of hydrogen-bond donors (Lipinski definition) is 2. The monoisotopic (exact) mass is 201 g/mol. The quantitative estimate of drug-likeness (QED) is 0.580. The van der Waals surface area contributed by atoms with Crippen LogP contribution in [0.25, 0.3) is 0 Å². The molecule has 5 nitrogen and oxygen atoms in total. The summed E-state index contributed by atoms with van der Waals surface area (Å²) in [5, 5.41) is 8.83. The first kappa shape index (κ1) is 11.0. The average Bonchev–Trinajstić information content (AvgIpc) is 2.57. The molecule has 0 aliphatic heterocycles. The number of nitrogens with zero attached hydrogens (tertiary/aromatic N) is 1. The third-order valence-corrected chi connectivity index (χ3v) is 2.54. The lowest BCUT2D eigenvalue weighted by atomic mass is 10.3. The second kappa shape index (κ2) is 3.24. The summed E-state index contributed by atoms with van der Waals surface area (Å²) in [5.74, 6) is -2.53. The molecule has 0 spiro atoms. The summed E-state index contributed by atoms with van der Waals surface area (Å²) in [7, 11) is 5.90. The molecule has 0 heterocycles. The molecule has 1 saturated carbocycles. The van der Waals surface area contributed by atoms with Gasteiger partial charge in [-0.1, -0.05) is 0 Å². The van der Waals surface area contributed by atoms with Crippen LogP contribution in [-0.2, 0) is 9.59 Å². The van der Waals surface area contributed by atoms with Gasteiger partial charge in [0.05, 0.1) is 39.5 Å². The maximum atomic E-state index is 10.9. The molecule has 14 heavy (non-hydrogen) atoms. The van der Waals surface area contributed by atoms with Crippen LogP contribution in [-0.4, -0.2) is 49.2 Å². The molecule has 0 bridgehead atoms. The first-order valence-corrected chi connectivity index (χ1v) is 4.56. The van der Waals surface area contributed by atoms with E-state index in [0.29, 0.717) is 11.0 Å². The molecule has 80 valence electrons. The zero-order valence-electron chi connectivity index (χ0n) is 8.73. The SMILES string of the molecule is C[N+](C)(C)C[C@@H]1[C@@H](C(N)=O)[C@H]1C(=O)O. The number of carbonyl (C=O) groups is 2. The van der Waals surface area contributed by atoms with Crippen LogP contribution in [0.5, 0.6) is 0 Å². The van der Waals surface area contributed by atoms with Crippen LogP contribution in [0.2, 0.25) is 0 Å². The minimum atomic E-state index is -0.910. The molecular weight excluding hydrogens is 184 g/mol. The smallest absolute Gasteiger partial charge is 0.307 e. The molecule has 5 heteroatoms. The Morgan fingerprint density at radius 3 is 2.00 bits per heavy atom. The maximum absolute atomic E-state index is 10.9. The van der Waals surface area contributed by atoms with Gasteiger partial charge < -0.3 is 15.3 Å². The number of rotatable bonds is 4. The largest absolute Gasteiger partial charge is 0.481 e. The van der Waals surface area contributed by atoms with Crippen molar-refractivity contribution in [1.82, 2.24) is 0 Å². The molecule has 0 aromatic carbocycles. The van der Waals surface area contributed by atoms with E-state index >= 15 is 0 Å². The molecule has 1 fully saturated rings. The third-order valence-electron chi connectivity index (χ3n) is 2.54. The predicted molar refractivity (Wildman–Crippen MR) is 50.2 cm³/mol. The second-order valence-corrected chi connectivity index (χ2v) is 4.93. The molecule has 3 N–H and O–H groups in total. The topological polar surface area (TPSA) is 80.4 Å². The van der Waals surface area contributed by atoms with Gasteiger partial charge in [0.1, 0.15) is 0 Å². The van der Waals surface area contributed by atoms with Gasteiger partial charge in [0.2, 0.25) is 5.91 Å². The number of carboxylic acids is 1. The predicted octanol–water partition coefficient (Wildman–Crippen LogP) is -0.875. The minimum Gasteiger partial charge on any atom is -0.481 e. The highest BCUT2D eigenvalue weighted by atomic mass is 16.4. The van der Waals surface area contributed by atoms with Gasteiger partial charge in [0, 0.05) is 5.92 Å². The van der Waals surface area contributed by atoms with Crippen molar-refractivity contribution in [2.24, 2.45) is 23.5 Å². The van der Waals surface area contributed by atoms with E-state index in [1.54, 1.807) is 0 Å². The Hall–Kier alpha value is -1.10. The molecule has 3 atom stereocenters. The number of hydrogen-bond acceptors (Lipinski definition) is 2. The maximum Gasteiger partial charge on any atom is 0.307 e. The molecule has 1 aliphatic carbocycles. The molecule has 0 saturated heterocycles. The highest BCUT2D eigenvalue weighted by Gasteiger charge is 2.60. The normalized spacial score (nSPS) is 31.2. The number of quaternary nitrogens is 1. The summed E-state index contributed by atoms with van der Waals surface area (Å²) in [6.07, 6.45) is 0. The zero-order valence-corrected chi connectivity index (χ0v) is 8.73. The van der Waals surface area contributed by atoms with Gasteiger partial charge in [-0.15, -0.1) is 0 Å². The third kappa shape index (κ3) is 2.23. The standard InChI is InChI=1S/C9H16N2O3/c1-11(2,3)4-5-6(8(10)12)7(5)9(13)14/h5-7H,4H2,1-3H3,(H2-,10,12,13,14)/p+1/t5-,6-,7+/m1/s1. The van der Waals surface area contributed by atoms with Gasteiger partial charge in [-0.05, 0) is 0 Å². The highest BCUT2D eigenvalue weighted by molar-refractivity contribution is 5.89.